The molecular formula is C13H18FNO. The van der Waals surface area contributed by atoms with Gasteiger partial charge < -0.3 is 5.32 Å². The van der Waals surface area contributed by atoms with Crippen LogP contribution in [0.1, 0.15) is 37.0 Å². The van der Waals surface area contributed by atoms with Gasteiger partial charge in [-0.2, -0.15) is 0 Å². The van der Waals surface area contributed by atoms with Gasteiger partial charge in [-0.15, -0.1) is 0 Å². The van der Waals surface area contributed by atoms with Crippen LogP contribution in [0, 0.1) is 11.7 Å². The van der Waals surface area contributed by atoms with Gasteiger partial charge in [0.2, 0.25) is 0 Å². The molecule has 0 saturated heterocycles. The van der Waals surface area contributed by atoms with Crippen LogP contribution in [0.4, 0.5) is 4.39 Å². The Balaban J connectivity index is 2.49. The van der Waals surface area contributed by atoms with Crippen molar-refractivity contribution >= 4 is 5.91 Å². The molecule has 0 aromatic heterocycles. The number of nitrogens with one attached hydrogen (secondary N) is 1. The summed E-state index contributed by atoms with van der Waals surface area (Å²) in [6, 6.07) is 5.59. The topological polar surface area (TPSA) is 29.1 Å². The molecule has 0 unspecified atom stereocenters. The highest BCUT2D eigenvalue weighted by molar-refractivity contribution is 5.94. The van der Waals surface area contributed by atoms with Gasteiger partial charge in [0, 0.05) is 12.1 Å². The summed E-state index contributed by atoms with van der Waals surface area (Å²) >= 11 is 0. The lowest BCUT2D eigenvalue weighted by molar-refractivity contribution is 0.0946. The summed E-state index contributed by atoms with van der Waals surface area (Å²) in [7, 11) is 0. The number of halogens is 1. The van der Waals surface area contributed by atoms with Gasteiger partial charge in [-0.1, -0.05) is 26.7 Å². The number of carbonyl (C=O) groups is 1. The first-order chi connectivity index (χ1) is 7.67. The highest BCUT2D eigenvalue weighted by Crippen LogP contribution is 2.07. The van der Waals surface area contributed by atoms with Gasteiger partial charge in [-0.25, -0.2) is 4.39 Å². The fourth-order valence-electron chi connectivity index (χ4n) is 1.52. The van der Waals surface area contributed by atoms with Crippen molar-refractivity contribution in [1.82, 2.24) is 5.32 Å². The second-order valence-corrected chi connectivity index (χ2v) is 3.90. The summed E-state index contributed by atoms with van der Waals surface area (Å²) in [5.74, 6) is 0.0628. The normalized spacial score (nSPS) is 10.5. The van der Waals surface area contributed by atoms with E-state index in [1.165, 1.54) is 24.3 Å². The van der Waals surface area contributed by atoms with E-state index in [2.05, 4.69) is 19.2 Å². The van der Waals surface area contributed by atoms with E-state index < -0.39 is 0 Å². The zero-order valence-electron chi connectivity index (χ0n) is 9.79. The van der Waals surface area contributed by atoms with Crippen molar-refractivity contribution in [2.45, 2.75) is 26.7 Å². The van der Waals surface area contributed by atoms with Crippen molar-refractivity contribution in [2.75, 3.05) is 6.54 Å². The van der Waals surface area contributed by atoms with Crippen LogP contribution in [0.2, 0.25) is 0 Å². The van der Waals surface area contributed by atoms with Gasteiger partial charge in [0.1, 0.15) is 5.82 Å². The SMILES string of the molecule is CCC(CC)CNC(=O)c1ccc(F)cc1. The Morgan fingerprint density at radius 2 is 1.81 bits per heavy atom. The summed E-state index contributed by atoms with van der Waals surface area (Å²) in [4.78, 5) is 11.7. The van der Waals surface area contributed by atoms with Crippen molar-refractivity contribution in [3.05, 3.63) is 35.6 Å². The summed E-state index contributed by atoms with van der Waals surface area (Å²) in [5.41, 5.74) is 0.507. The molecule has 1 aromatic carbocycles. The number of hydrogen-bond acceptors (Lipinski definition) is 1. The zero-order valence-corrected chi connectivity index (χ0v) is 9.79. The minimum atomic E-state index is -0.323. The average molecular weight is 223 g/mol. The van der Waals surface area contributed by atoms with E-state index in [-0.39, 0.29) is 11.7 Å². The quantitative estimate of drug-likeness (QED) is 0.816. The molecule has 0 fully saturated rings. The average Bonchev–Trinajstić information content (AvgIpc) is 2.31. The van der Waals surface area contributed by atoms with Crippen molar-refractivity contribution in [1.29, 1.82) is 0 Å². The third-order valence-corrected chi connectivity index (χ3v) is 2.81. The third kappa shape index (κ3) is 3.65. The molecular weight excluding hydrogens is 205 g/mol. The van der Waals surface area contributed by atoms with E-state index in [1.54, 1.807) is 0 Å². The van der Waals surface area contributed by atoms with E-state index in [9.17, 15) is 9.18 Å². The summed E-state index contributed by atoms with van der Waals surface area (Å²) in [6.45, 7) is 4.90. The number of rotatable bonds is 5. The van der Waals surface area contributed by atoms with Gasteiger partial charge >= 0.3 is 0 Å². The largest absolute Gasteiger partial charge is 0.352 e. The van der Waals surface area contributed by atoms with E-state index in [1.807, 2.05) is 0 Å². The van der Waals surface area contributed by atoms with Gasteiger partial charge in [-0.3, -0.25) is 4.79 Å². The molecule has 1 N–H and O–H groups in total. The lowest BCUT2D eigenvalue weighted by Crippen LogP contribution is -2.28. The number of benzene rings is 1. The van der Waals surface area contributed by atoms with Crippen molar-refractivity contribution in [3.63, 3.8) is 0 Å². The molecule has 0 aliphatic rings. The molecule has 0 bridgehead atoms. The van der Waals surface area contributed by atoms with Crippen LogP contribution in [0.25, 0.3) is 0 Å². The van der Waals surface area contributed by atoms with Crippen LogP contribution in [0.5, 0.6) is 0 Å². The molecule has 2 nitrogen and oxygen atoms in total. The lowest BCUT2D eigenvalue weighted by Gasteiger charge is -2.13. The minimum absolute atomic E-state index is 0.132. The molecule has 3 heteroatoms. The summed E-state index contributed by atoms with van der Waals surface area (Å²) in [5, 5.41) is 2.86. The smallest absolute Gasteiger partial charge is 0.251 e. The molecule has 0 saturated carbocycles. The van der Waals surface area contributed by atoms with Crippen LogP contribution in [-0.2, 0) is 0 Å². The first kappa shape index (κ1) is 12.7. The molecule has 16 heavy (non-hydrogen) atoms. The third-order valence-electron chi connectivity index (χ3n) is 2.81. The second-order valence-electron chi connectivity index (χ2n) is 3.90. The predicted octanol–water partition coefficient (Wildman–Crippen LogP) is 2.99. The fraction of sp³-hybridized carbons (Fsp3) is 0.462. The van der Waals surface area contributed by atoms with Crippen LogP contribution in [0.3, 0.4) is 0 Å². The molecule has 0 atom stereocenters. The molecule has 0 aliphatic heterocycles. The molecule has 1 rings (SSSR count). The van der Waals surface area contributed by atoms with Gasteiger partial charge in [0.25, 0.3) is 5.91 Å². The lowest BCUT2D eigenvalue weighted by atomic mass is 10.0. The van der Waals surface area contributed by atoms with Gasteiger partial charge in [0.15, 0.2) is 0 Å². The van der Waals surface area contributed by atoms with Crippen molar-refractivity contribution in [2.24, 2.45) is 5.92 Å². The zero-order chi connectivity index (χ0) is 12.0. The monoisotopic (exact) mass is 223 g/mol. The van der Waals surface area contributed by atoms with Crippen LogP contribution in [0.15, 0.2) is 24.3 Å². The Morgan fingerprint density at radius 1 is 1.25 bits per heavy atom. The maximum atomic E-state index is 12.6. The summed E-state index contributed by atoms with van der Waals surface area (Å²) in [6.07, 6.45) is 2.11. The Bertz CT molecular complexity index is 330. The molecule has 0 radical (unpaired) electrons. The van der Waals surface area contributed by atoms with Gasteiger partial charge in [-0.05, 0) is 30.2 Å². The number of hydrogen-bond donors (Lipinski definition) is 1. The van der Waals surface area contributed by atoms with E-state index in [0.717, 1.165) is 12.8 Å². The summed E-state index contributed by atoms with van der Waals surface area (Å²) < 4.78 is 12.6. The molecule has 0 spiro atoms. The van der Waals surface area contributed by atoms with Crippen molar-refractivity contribution < 1.29 is 9.18 Å². The Labute approximate surface area is 95.9 Å². The standard InChI is InChI=1S/C13H18FNO/c1-3-10(4-2)9-15-13(16)11-5-7-12(14)8-6-11/h5-8,10H,3-4,9H2,1-2H3,(H,15,16). The maximum absolute atomic E-state index is 12.6. The number of amides is 1. The maximum Gasteiger partial charge on any atom is 0.251 e. The highest BCUT2D eigenvalue weighted by Gasteiger charge is 2.08. The van der Waals surface area contributed by atoms with Crippen LogP contribution < -0.4 is 5.32 Å². The predicted molar refractivity (Wildman–Crippen MR) is 62.8 cm³/mol. The Kier molecular flexibility index (Phi) is 4.96. The number of carbonyl (C=O) groups excluding carboxylic acids is 1. The molecule has 0 heterocycles. The van der Waals surface area contributed by atoms with E-state index in [4.69, 9.17) is 0 Å². The first-order valence-corrected chi connectivity index (χ1v) is 5.71. The molecule has 0 aliphatic carbocycles. The second kappa shape index (κ2) is 6.26. The fourth-order valence-corrected chi connectivity index (χ4v) is 1.52. The van der Waals surface area contributed by atoms with E-state index >= 15 is 0 Å². The van der Waals surface area contributed by atoms with Crippen LogP contribution in [-0.4, -0.2) is 12.5 Å². The Morgan fingerprint density at radius 3 is 2.31 bits per heavy atom. The highest BCUT2D eigenvalue weighted by atomic mass is 19.1. The molecule has 1 aromatic rings. The molecule has 1 amide bonds. The van der Waals surface area contributed by atoms with Crippen molar-refractivity contribution in [3.8, 4) is 0 Å². The minimum Gasteiger partial charge on any atom is -0.352 e. The van der Waals surface area contributed by atoms with Crippen LogP contribution >= 0.6 is 0 Å². The van der Waals surface area contributed by atoms with E-state index in [0.29, 0.717) is 18.0 Å². The molecule has 88 valence electrons. The first-order valence-electron chi connectivity index (χ1n) is 5.71. The van der Waals surface area contributed by atoms with Gasteiger partial charge in [0.05, 0.1) is 0 Å². The Hall–Kier alpha value is -1.38.